The van der Waals surface area contributed by atoms with Crippen LogP contribution in [0.3, 0.4) is 0 Å². The standard InChI is InChI=1S/C48H32N2S.C48H34N2.C45H34N2/c1-3-11-33(12-4-1)34-19-24-38(25-20-34)49(37-13-5-2-6-14-37)39-26-21-35(22-27-39)36-23-29-46-43(31-36)41-15-7-9-17-45(41)50(46)40-28-30-48-44(32-40)42-16-8-10-18-47(42)51-48;1-5-13-35(14-6-1)38-21-26-42(27-22-38)49(43-28-23-39(24-29-43)36-15-7-2-8-16-36)44-30-32-48-46(34-44)45-33-40(37-17-9-3-10-18-37)25-31-47(45)50(48)41-19-11-4-12-20-41;1-45(2)39-15-7-10-18-43(39)47(44-19-11-8-16-40(44)45)36-27-24-32(25-28-36)31-20-22-33(23-21-31)34-26-29-42-38(30-34)37-14-6-9-17-41(37)46(42)35-12-4-3-5-13-35/h1-32H;1-34H;3-30H,1-2H3. The molecule has 6 nitrogen and oxygen atoms in total. The Morgan fingerprint density at radius 2 is 0.419 bits per heavy atom. The summed E-state index contributed by atoms with van der Waals surface area (Å²) in [5, 5.41) is 10.1. The number of fused-ring (bicyclic) bond motifs is 14. The molecule has 0 unspecified atom stereocenters. The summed E-state index contributed by atoms with van der Waals surface area (Å²) in [7, 11) is 0. The lowest BCUT2D eigenvalue weighted by atomic mass is 9.73. The molecule has 28 rings (SSSR count). The molecule has 0 aliphatic carbocycles. The molecular weight excluding hydrogens is 1810 g/mol. The number of hydrogen-bond donors (Lipinski definition) is 0. The van der Waals surface area contributed by atoms with Crippen LogP contribution in [0, 0.1) is 0 Å². The lowest BCUT2D eigenvalue weighted by Crippen LogP contribution is -2.30. The topological polar surface area (TPSA) is 24.5 Å². The number of rotatable bonds is 17. The number of benzene rings is 23. The molecule has 0 fully saturated rings. The highest BCUT2D eigenvalue weighted by Crippen LogP contribution is 2.53. The summed E-state index contributed by atoms with van der Waals surface area (Å²) in [6.07, 6.45) is 0. The van der Waals surface area contributed by atoms with Crippen LogP contribution in [-0.4, -0.2) is 13.7 Å². The molecule has 0 radical (unpaired) electrons. The van der Waals surface area contributed by atoms with Crippen LogP contribution in [0.5, 0.6) is 0 Å². The maximum atomic E-state index is 2.42. The van der Waals surface area contributed by atoms with Gasteiger partial charge in [0.1, 0.15) is 0 Å². The van der Waals surface area contributed by atoms with E-state index in [1.165, 1.54) is 203 Å². The Balaban J connectivity index is 0.000000112. The molecule has 0 bridgehead atoms. The molecule has 27 aromatic rings. The van der Waals surface area contributed by atoms with E-state index in [1.807, 2.05) is 11.3 Å². The van der Waals surface area contributed by atoms with E-state index < -0.39 is 0 Å². The molecule has 0 atom stereocenters. The van der Waals surface area contributed by atoms with Crippen LogP contribution in [0.1, 0.15) is 25.0 Å². The van der Waals surface area contributed by atoms with Crippen molar-refractivity contribution in [3.63, 3.8) is 0 Å². The molecule has 1 aliphatic rings. The lowest BCUT2D eigenvalue weighted by molar-refractivity contribution is 0.632. The fourth-order valence-electron chi connectivity index (χ4n) is 22.3. The second-order valence-electron chi connectivity index (χ2n) is 38.7. The first-order valence-corrected chi connectivity index (χ1v) is 51.6. The van der Waals surface area contributed by atoms with Gasteiger partial charge in [-0.05, 0) is 289 Å². The van der Waals surface area contributed by atoms with Crippen molar-refractivity contribution >= 4 is 148 Å². The molecule has 700 valence electrons. The Hall–Kier alpha value is -18.9. The molecule has 0 N–H and O–H groups in total. The number of aromatic nitrogens is 3. The smallest absolute Gasteiger partial charge is 0.0542 e. The first kappa shape index (κ1) is 89.2. The van der Waals surface area contributed by atoms with Crippen molar-refractivity contribution < 1.29 is 0 Å². The monoisotopic (exact) mass is 1910 g/mol. The molecule has 23 aromatic carbocycles. The van der Waals surface area contributed by atoms with Gasteiger partial charge in [0.15, 0.2) is 0 Å². The van der Waals surface area contributed by atoms with Crippen LogP contribution in [0.15, 0.2) is 570 Å². The number of hydrogen-bond acceptors (Lipinski definition) is 4. The summed E-state index contributed by atoms with van der Waals surface area (Å²) in [6.45, 7) is 4.66. The average molecular weight is 1910 g/mol. The average Bonchev–Trinajstić information content (AvgIpc) is 1.42. The second-order valence-corrected chi connectivity index (χ2v) is 39.7. The van der Waals surface area contributed by atoms with Crippen molar-refractivity contribution in [1.82, 2.24) is 13.7 Å². The Labute approximate surface area is 865 Å². The summed E-state index contributed by atoms with van der Waals surface area (Å²) >= 11 is 1.86. The highest BCUT2D eigenvalue weighted by molar-refractivity contribution is 7.25. The highest BCUT2D eigenvalue weighted by Gasteiger charge is 2.37. The summed E-state index contributed by atoms with van der Waals surface area (Å²) in [5.74, 6) is 0. The Morgan fingerprint density at radius 1 is 0.162 bits per heavy atom. The van der Waals surface area contributed by atoms with Gasteiger partial charge in [-0.25, -0.2) is 0 Å². The van der Waals surface area contributed by atoms with Crippen LogP contribution in [0.2, 0.25) is 0 Å². The van der Waals surface area contributed by atoms with Gasteiger partial charge in [0.2, 0.25) is 0 Å². The van der Waals surface area contributed by atoms with Crippen molar-refractivity contribution in [1.29, 1.82) is 0 Å². The maximum absolute atomic E-state index is 2.42. The molecule has 0 spiro atoms. The van der Waals surface area contributed by atoms with Crippen molar-refractivity contribution in [3.8, 4) is 95.0 Å². The highest BCUT2D eigenvalue weighted by atomic mass is 32.1. The quantitative estimate of drug-likeness (QED) is 0.0908. The number of nitrogens with zero attached hydrogens (tertiary/aromatic N) is 6. The summed E-state index contributed by atoms with van der Waals surface area (Å²) in [5.41, 5.74) is 40.7. The molecule has 1 aliphatic heterocycles. The number of para-hydroxylation sites is 7. The van der Waals surface area contributed by atoms with Crippen LogP contribution >= 0.6 is 11.3 Å². The van der Waals surface area contributed by atoms with Crippen LogP contribution in [-0.2, 0) is 5.41 Å². The molecular formula is C141H100N6S. The SMILES string of the molecule is CC1(C)c2ccccc2N(c2ccc(-c3ccc(-c4ccc5c(c4)c4ccccc4n5-c4ccccc4)cc3)cc2)c2ccccc21.c1ccc(-c2ccc(N(c3ccc(-c4ccccc4)cc3)c3ccc4c(c3)c3cc(-c5ccccc5)ccc3n4-c3ccccc3)cc2)cc1.c1ccc(-c2ccc(N(c3ccccc3)c3ccc(-c4ccc5c(c4)c4ccccc4n5-c4ccc5sc6ccccc6c5c4)cc3)cc2)cc1. The van der Waals surface area contributed by atoms with Crippen molar-refractivity contribution in [2.24, 2.45) is 0 Å². The third kappa shape index (κ3) is 16.6. The number of thiophene rings is 1. The molecule has 5 heterocycles. The third-order valence-electron chi connectivity index (χ3n) is 29.6. The second kappa shape index (κ2) is 38.4. The molecule has 0 saturated carbocycles. The zero-order valence-electron chi connectivity index (χ0n) is 81.9. The van der Waals surface area contributed by atoms with Crippen molar-refractivity contribution in [2.45, 2.75) is 19.3 Å². The van der Waals surface area contributed by atoms with Gasteiger partial charge in [0, 0.05) is 115 Å². The van der Waals surface area contributed by atoms with Crippen molar-refractivity contribution in [2.75, 3.05) is 14.7 Å². The zero-order chi connectivity index (χ0) is 98.5. The molecule has 4 aromatic heterocycles. The Morgan fingerprint density at radius 3 is 0.838 bits per heavy atom. The van der Waals surface area contributed by atoms with Gasteiger partial charge in [0.25, 0.3) is 0 Å². The first-order valence-electron chi connectivity index (χ1n) is 50.8. The molecule has 7 heteroatoms. The molecule has 0 amide bonds. The summed E-state index contributed by atoms with van der Waals surface area (Å²) < 4.78 is 9.82. The summed E-state index contributed by atoms with van der Waals surface area (Å²) in [4.78, 5) is 7.10. The molecule has 0 saturated heterocycles. The van der Waals surface area contributed by atoms with Gasteiger partial charge >= 0.3 is 0 Å². The Bertz CT molecular complexity index is 9410. The van der Waals surface area contributed by atoms with E-state index in [0.29, 0.717) is 0 Å². The fourth-order valence-corrected chi connectivity index (χ4v) is 23.4. The fraction of sp³-hybridized carbons (Fsp3) is 0.0213. The van der Waals surface area contributed by atoms with Crippen molar-refractivity contribution in [3.05, 3.63) is 581 Å². The van der Waals surface area contributed by atoms with Gasteiger partial charge < -0.3 is 28.4 Å². The number of anilines is 9. The van der Waals surface area contributed by atoms with Gasteiger partial charge in [-0.2, -0.15) is 0 Å². The van der Waals surface area contributed by atoms with E-state index >= 15 is 0 Å². The van der Waals surface area contributed by atoms with E-state index in [-0.39, 0.29) is 5.41 Å². The molecule has 148 heavy (non-hydrogen) atoms. The maximum Gasteiger partial charge on any atom is 0.0542 e. The normalized spacial score (nSPS) is 12.0. The predicted octanol–water partition coefficient (Wildman–Crippen LogP) is 39.4. The predicted molar refractivity (Wildman–Crippen MR) is 629 cm³/mol. The van der Waals surface area contributed by atoms with E-state index in [2.05, 4.69) is 612 Å². The van der Waals surface area contributed by atoms with Gasteiger partial charge in [-0.1, -0.05) is 384 Å². The van der Waals surface area contributed by atoms with Gasteiger partial charge in [0.05, 0.1) is 44.5 Å². The van der Waals surface area contributed by atoms with E-state index in [1.54, 1.807) is 0 Å². The Kier molecular flexibility index (Phi) is 23.1. The van der Waals surface area contributed by atoms with Crippen LogP contribution in [0.4, 0.5) is 51.2 Å². The van der Waals surface area contributed by atoms with E-state index in [9.17, 15) is 0 Å². The zero-order valence-corrected chi connectivity index (χ0v) is 82.7. The minimum absolute atomic E-state index is 0.0606. The first-order chi connectivity index (χ1) is 73.2. The van der Waals surface area contributed by atoms with Gasteiger partial charge in [-0.15, -0.1) is 11.3 Å². The summed E-state index contributed by atoms with van der Waals surface area (Å²) in [6, 6.07) is 206. The lowest BCUT2D eigenvalue weighted by Gasteiger charge is -2.42. The minimum atomic E-state index is -0.0606. The minimum Gasteiger partial charge on any atom is -0.311 e. The van der Waals surface area contributed by atoms with E-state index in [4.69, 9.17) is 0 Å². The van der Waals surface area contributed by atoms with Crippen LogP contribution in [0.25, 0.3) is 181 Å². The third-order valence-corrected chi connectivity index (χ3v) is 30.7. The van der Waals surface area contributed by atoms with Gasteiger partial charge in [-0.3, -0.25) is 0 Å². The van der Waals surface area contributed by atoms with Crippen LogP contribution < -0.4 is 14.7 Å². The van der Waals surface area contributed by atoms with E-state index in [0.717, 1.165) is 39.8 Å². The largest absolute Gasteiger partial charge is 0.311 e.